The molecule has 1 amide bonds. The van der Waals surface area contributed by atoms with E-state index in [1.807, 2.05) is 20.8 Å². The lowest BCUT2D eigenvalue weighted by molar-refractivity contribution is -0.274. The van der Waals surface area contributed by atoms with Crippen LogP contribution in [0.2, 0.25) is 0 Å². The van der Waals surface area contributed by atoms with Crippen LogP contribution in [-0.2, 0) is 27.7 Å². The van der Waals surface area contributed by atoms with E-state index < -0.39 is 48.0 Å². The maximum absolute atomic E-state index is 14.1. The Hall–Kier alpha value is -4.22. The van der Waals surface area contributed by atoms with Gasteiger partial charge in [0.05, 0.1) is 17.8 Å². The number of ether oxygens (including phenoxy) is 2. The molecule has 0 aromatic heterocycles. The van der Waals surface area contributed by atoms with Crippen LogP contribution in [0.1, 0.15) is 37.5 Å². The predicted molar refractivity (Wildman–Crippen MR) is 129 cm³/mol. The number of carbonyl (C=O) groups is 2. The van der Waals surface area contributed by atoms with Gasteiger partial charge in [-0.05, 0) is 59.0 Å². The van der Waals surface area contributed by atoms with Crippen molar-refractivity contribution >= 4 is 17.6 Å². The number of alkyl halides is 6. The monoisotopic (exact) mass is 555 g/mol. The molecule has 3 rings (SSSR count). The highest BCUT2D eigenvalue weighted by atomic mass is 19.4. The smallest absolute Gasteiger partial charge is 0.474 e. The fourth-order valence-electron chi connectivity index (χ4n) is 3.56. The first-order valence-corrected chi connectivity index (χ1v) is 11.3. The maximum Gasteiger partial charge on any atom is 0.573 e. The summed E-state index contributed by atoms with van der Waals surface area (Å²) in [4.78, 5) is 24.5. The van der Waals surface area contributed by atoms with Crippen molar-refractivity contribution in [1.82, 2.24) is 0 Å². The number of aliphatic carboxylic acids is 1. The summed E-state index contributed by atoms with van der Waals surface area (Å²) in [6.07, 6.45) is -9.94. The first-order valence-electron chi connectivity index (χ1n) is 11.3. The molecule has 0 aliphatic rings. The third kappa shape index (κ3) is 7.88. The molecule has 3 aromatic carbocycles. The molecule has 1 N–H and O–H groups in total. The highest BCUT2D eigenvalue weighted by Gasteiger charge is 2.38. The average molecular weight is 555 g/mol. The molecule has 0 radical (unpaired) electrons. The van der Waals surface area contributed by atoms with E-state index in [9.17, 15) is 41.0 Å². The van der Waals surface area contributed by atoms with Gasteiger partial charge in [-0.3, -0.25) is 9.69 Å². The van der Waals surface area contributed by atoms with Crippen molar-refractivity contribution in [3.05, 3.63) is 83.4 Å². The van der Waals surface area contributed by atoms with Crippen molar-refractivity contribution in [1.29, 1.82) is 0 Å². The molecule has 6 nitrogen and oxygen atoms in total. The second kappa shape index (κ2) is 10.9. The number of nitrogens with zero attached hydrogens (tertiary/aromatic N) is 1. The van der Waals surface area contributed by atoms with Gasteiger partial charge in [0.25, 0.3) is 0 Å². The minimum absolute atomic E-state index is 0.0946. The largest absolute Gasteiger partial charge is 0.573 e. The van der Waals surface area contributed by atoms with Gasteiger partial charge in [0.2, 0.25) is 0 Å². The summed E-state index contributed by atoms with van der Waals surface area (Å²) in [5, 5.41) is 9.30. The Morgan fingerprint density at radius 1 is 0.795 bits per heavy atom. The zero-order chi connectivity index (χ0) is 29.2. The summed E-state index contributed by atoms with van der Waals surface area (Å²) >= 11 is 0. The Bertz CT molecular complexity index is 1330. The second-order valence-corrected chi connectivity index (χ2v) is 9.44. The first-order chi connectivity index (χ1) is 17.9. The molecule has 0 fully saturated rings. The van der Waals surface area contributed by atoms with Crippen LogP contribution in [0.25, 0.3) is 0 Å². The van der Waals surface area contributed by atoms with E-state index in [1.165, 1.54) is 0 Å². The van der Waals surface area contributed by atoms with Crippen molar-refractivity contribution < 1.29 is 50.5 Å². The first kappa shape index (κ1) is 29.3. The molecule has 3 aromatic rings. The van der Waals surface area contributed by atoms with Crippen LogP contribution in [0.3, 0.4) is 0 Å². The number of hydrogen-bond acceptors (Lipinski definition) is 4. The van der Waals surface area contributed by atoms with Gasteiger partial charge < -0.3 is 14.6 Å². The van der Waals surface area contributed by atoms with Crippen LogP contribution < -0.4 is 14.4 Å². The maximum atomic E-state index is 14.1. The lowest BCUT2D eigenvalue weighted by Gasteiger charge is -2.26. The lowest BCUT2D eigenvalue weighted by Crippen LogP contribution is -2.37. The molecular weight excluding hydrogens is 532 g/mol. The van der Waals surface area contributed by atoms with Crippen LogP contribution in [-0.4, -0.2) is 23.3 Å². The Balaban J connectivity index is 1.96. The van der Waals surface area contributed by atoms with Crippen molar-refractivity contribution in [3.63, 3.8) is 0 Å². The normalized spacial score (nSPS) is 12.1. The SMILES string of the molecule is CC(C)(C)c1ccc(CN(C(=O)C(=O)O)c2ccc(Oc3ccc(OC(F)(F)F)cc3)cc2C(F)(F)F)cc1. The number of carbonyl (C=O) groups excluding carboxylic acids is 1. The Morgan fingerprint density at radius 2 is 1.33 bits per heavy atom. The van der Waals surface area contributed by atoms with Gasteiger partial charge in [-0.25, -0.2) is 4.79 Å². The van der Waals surface area contributed by atoms with Gasteiger partial charge in [-0.15, -0.1) is 13.2 Å². The molecule has 208 valence electrons. The molecule has 12 heteroatoms. The van der Waals surface area contributed by atoms with Crippen LogP contribution in [0.15, 0.2) is 66.7 Å². The number of halogens is 6. The molecule has 0 heterocycles. The third-order valence-corrected chi connectivity index (χ3v) is 5.45. The number of rotatable bonds is 6. The Labute approximate surface area is 219 Å². The van der Waals surface area contributed by atoms with Crippen LogP contribution >= 0.6 is 0 Å². The molecule has 0 unspecified atom stereocenters. The van der Waals surface area contributed by atoms with E-state index in [1.54, 1.807) is 24.3 Å². The van der Waals surface area contributed by atoms with Crippen molar-refractivity contribution in [2.24, 2.45) is 0 Å². The third-order valence-electron chi connectivity index (χ3n) is 5.45. The molecule has 0 spiro atoms. The van der Waals surface area contributed by atoms with E-state index in [0.29, 0.717) is 16.5 Å². The number of benzene rings is 3. The van der Waals surface area contributed by atoms with E-state index in [4.69, 9.17) is 4.74 Å². The van der Waals surface area contributed by atoms with Gasteiger partial charge in [0.1, 0.15) is 17.2 Å². The van der Waals surface area contributed by atoms with Gasteiger partial charge in [-0.2, -0.15) is 13.2 Å². The van der Waals surface area contributed by atoms with Crippen LogP contribution in [0, 0.1) is 0 Å². The molecule has 0 bridgehead atoms. The summed E-state index contributed by atoms with van der Waals surface area (Å²) in [5.74, 6) is -4.53. The minimum Gasteiger partial charge on any atom is -0.474 e. The zero-order valence-corrected chi connectivity index (χ0v) is 20.9. The summed E-state index contributed by atoms with van der Waals surface area (Å²) in [7, 11) is 0. The minimum atomic E-state index is -5.02. The van der Waals surface area contributed by atoms with Crippen molar-refractivity contribution in [3.8, 4) is 17.2 Å². The van der Waals surface area contributed by atoms with Crippen molar-refractivity contribution in [2.75, 3.05) is 4.90 Å². The van der Waals surface area contributed by atoms with Gasteiger partial charge in [-0.1, -0.05) is 45.0 Å². The zero-order valence-electron chi connectivity index (χ0n) is 20.9. The topological polar surface area (TPSA) is 76.1 Å². The van der Waals surface area contributed by atoms with Gasteiger partial charge in [0, 0.05) is 0 Å². The second-order valence-electron chi connectivity index (χ2n) is 9.44. The molecule has 0 saturated heterocycles. The quantitative estimate of drug-likeness (QED) is 0.255. The number of carboxylic acid groups (broad SMARTS) is 1. The summed E-state index contributed by atoms with van der Waals surface area (Å²) in [5.41, 5.74) is -0.945. The van der Waals surface area contributed by atoms with Gasteiger partial charge >= 0.3 is 24.4 Å². The van der Waals surface area contributed by atoms with E-state index in [-0.39, 0.29) is 16.9 Å². The number of carboxylic acids is 1. The average Bonchev–Trinajstić information content (AvgIpc) is 2.82. The van der Waals surface area contributed by atoms with E-state index in [0.717, 1.165) is 42.0 Å². The lowest BCUT2D eigenvalue weighted by atomic mass is 9.87. The fraction of sp³-hybridized carbons (Fsp3) is 0.259. The Morgan fingerprint density at radius 3 is 1.82 bits per heavy atom. The predicted octanol–water partition coefficient (Wildman–Crippen LogP) is 7.31. The van der Waals surface area contributed by atoms with Crippen LogP contribution in [0.5, 0.6) is 17.2 Å². The van der Waals surface area contributed by atoms with E-state index >= 15 is 0 Å². The van der Waals surface area contributed by atoms with Crippen molar-refractivity contribution in [2.45, 2.75) is 45.3 Å². The number of amides is 1. The highest BCUT2D eigenvalue weighted by Crippen LogP contribution is 2.40. The molecule has 0 atom stereocenters. The fourth-order valence-corrected chi connectivity index (χ4v) is 3.56. The molecule has 0 saturated carbocycles. The molecule has 0 aliphatic heterocycles. The number of anilines is 1. The molecule has 39 heavy (non-hydrogen) atoms. The molecule has 0 aliphatic carbocycles. The van der Waals surface area contributed by atoms with Crippen LogP contribution in [0.4, 0.5) is 32.0 Å². The standard InChI is InChI=1S/C27H23F6NO5/c1-25(2,3)17-6-4-16(5-7-17)15-34(23(35)24(36)37)22-13-12-20(14-21(22)26(28,29)30)38-18-8-10-19(11-9-18)39-27(31,32)33/h4-14H,15H2,1-3H3,(H,36,37). The summed E-state index contributed by atoms with van der Waals surface area (Å²) < 4.78 is 88.3. The molecular formula is C27H23F6NO5. The number of hydrogen-bond donors (Lipinski definition) is 1. The van der Waals surface area contributed by atoms with E-state index in [2.05, 4.69) is 4.74 Å². The summed E-state index contributed by atoms with van der Waals surface area (Å²) in [6.45, 7) is 5.43. The Kier molecular flexibility index (Phi) is 8.18. The highest BCUT2D eigenvalue weighted by molar-refractivity contribution is 6.37. The summed E-state index contributed by atoms with van der Waals surface area (Å²) in [6, 6.07) is 13.2. The van der Waals surface area contributed by atoms with Gasteiger partial charge in [0.15, 0.2) is 0 Å².